The van der Waals surface area contributed by atoms with Crippen LogP contribution in [-0.2, 0) is 0 Å². The molecule has 15 heavy (non-hydrogen) atoms. The Bertz CT molecular complexity index is 479. The summed E-state index contributed by atoms with van der Waals surface area (Å²) < 4.78 is 12.7. The van der Waals surface area contributed by atoms with Crippen LogP contribution in [0.4, 0.5) is 10.1 Å². The third-order valence-electron chi connectivity index (χ3n) is 2.18. The van der Waals surface area contributed by atoms with E-state index in [1.54, 1.807) is 24.3 Å². The van der Waals surface area contributed by atoms with E-state index in [-0.39, 0.29) is 5.82 Å². The van der Waals surface area contributed by atoms with Crippen molar-refractivity contribution >= 4 is 17.3 Å². The number of rotatable bonds is 1. The van der Waals surface area contributed by atoms with Gasteiger partial charge in [-0.2, -0.15) is 0 Å². The lowest BCUT2D eigenvalue weighted by Crippen LogP contribution is -1.86. The Morgan fingerprint density at radius 1 is 0.933 bits per heavy atom. The topological polar surface area (TPSA) is 26.0 Å². The molecule has 2 aromatic rings. The highest BCUT2D eigenvalue weighted by molar-refractivity contribution is 6.33. The van der Waals surface area contributed by atoms with Crippen LogP contribution in [0.1, 0.15) is 0 Å². The van der Waals surface area contributed by atoms with Crippen LogP contribution < -0.4 is 5.73 Å². The van der Waals surface area contributed by atoms with Crippen molar-refractivity contribution in [2.75, 3.05) is 5.73 Å². The van der Waals surface area contributed by atoms with Crippen molar-refractivity contribution in [3.63, 3.8) is 0 Å². The summed E-state index contributed by atoms with van der Waals surface area (Å²) >= 11 is 5.90. The second kappa shape index (κ2) is 3.91. The molecule has 0 aromatic heterocycles. The van der Waals surface area contributed by atoms with Crippen molar-refractivity contribution < 1.29 is 4.39 Å². The van der Waals surface area contributed by atoms with E-state index in [1.807, 2.05) is 6.07 Å². The first-order chi connectivity index (χ1) is 7.16. The van der Waals surface area contributed by atoms with Gasteiger partial charge in [-0.05, 0) is 35.4 Å². The van der Waals surface area contributed by atoms with Gasteiger partial charge in [0.25, 0.3) is 0 Å². The summed E-state index contributed by atoms with van der Waals surface area (Å²) in [5.74, 6) is -0.250. The highest BCUT2D eigenvalue weighted by atomic mass is 35.5. The van der Waals surface area contributed by atoms with Crippen molar-refractivity contribution in [3.8, 4) is 11.1 Å². The van der Waals surface area contributed by atoms with E-state index < -0.39 is 0 Å². The lowest BCUT2D eigenvalue weighted by molar-refractivity contribution is 0.628. The van der Waals surface area contributed by atoms with Crippen LogP contribution in [0.5, 0.6) is 0 Å². The maximum atomic E-state index is 12.7. The van der Waals surface area contributed by atoms with Gasteiger partial charge in [-0.15, -0.1) is 0 Å². The SMILES string of the molecule is Nc1ccc(-c2ccc(F)cc2)cc1Cl. The fourth-order valence-electron chi connectivity index (χ4n) is 1.35. The summed E-state index contributed by atoms with van der Waals surface area (Å²) in [6.07, 6.45) is 0. The van der Waals surface area contributed by atoms with Crippen LogP contribution in [0.3, 0.4) is 0 Å². The van der Waals surface area contributed by atoms with E-state index in [9.17, 15) is 4.39 Å². The molecule has 0 spiro atoms. The van der Waals surface area contributed by atoms with Gasteiger partial charge in [-0.25, -0.2) is 4.39 Å². The zero-order valence-corrected chi connectivity index (χ0v) is 8.63. The molecule has 0 atom stereocenters. The Kier molecular flexibility index (Phi) is 2.60. The molecule has 2 N–H and O–H groups in total. The number of nitrogen functional groups attached to an aromatic ring is 1. The first kappa shape index (κ1) is 9.99. The Labute approximate surface area is 92.3 Å². The predicted octanol–water partition coefficient (Wildman–Crippen LogP) is 3.73. The van der Waals surface area contributed by atoms with Crippen LogP contribution in [0, 0.1) is 5.82 Å². The maximum absolute atomic E-state index is 12.7. The summed E-state index contributed by atoms with van der Waals surface area (Å²) in [5.41, 5.74) is 7.98. The van der Waals surface area contributed by atoms with E-state index in [0.29, 0.717) is 10.7 Å². The molecule has 3 heteroatoms. The number of hydrogen-bond acceptors (Lipinski definition) is 1. The zero-order chi connectivity index (χ0) is 10.8. The zero-order valence-electron chi connectivity index (χ0n) is 7.87. The Balaban J connectivity index is 2.45. The fourth-order valence-corrected chi connectivity index (χ4v) is 1.53. The molecule has 0 bridgehead atoms. The predicted molar refractivity (Wildman–Crippen MR) is 61.3 cm³/mol. The third-order valence-corrected chi connectivity index (χ3v) is 2.51. The molecule has 0 radical (unpaired) electrons. The van der Waals surface area contributed by atoms with Crippen LogP contribution >= 0.6 is 11.6 Å². The molecule has 1 nitrogen and oxygen atoms in total. The number of nitrogens with two attached hydrogens (primary N) is 1. The van der Waals surface area contributed by atoms with E-state index in [2.05, 4.69) is 0 Å². The molecule has 2 aromatic carbocycles. The lowest BCUT2D eigenvalue weighted by Gasteiger charge is -2.03. The molecule has 0 aliphatic heterocycles. The standard InChI is InChI=1S/C12H9ClFN/c13-11-7-9(3-6-12(11)15)8-1-4-10(14)5-2-8/h1-7H,15H2. The summed E-state index contributed by atoms with van der Waals surface area (Å²) in [6.45, 7) is 0. The molecule has 0 aliphatic rings. The largest absolute Gasteiger partial charge is 0.398 e. The van der Waals surface area contributed by atoms with Gasteiger partial charge < -0.3 is 5.73 Å². The molecule has 0 heterocycles. The average Bonchev–Trinajstić information content (AvgIpc) is 2.23. The monoisotopic (exact) mass is 221 g/mol. The van der Waals surface area contributed by atoms with E-state index >= 15 is 0 Å². The first-order valence-electron chi connectivity index (χ1n) is 4.48. The van der Waals surface area contributed by atoms with Crippen molar-refractivity contribution in [1.29, 1.82) is 0 Å². The van der Waals surface area contributed by atoms with Gasteiger partial charge in [-0.3, -0.25) is 0 Å². The summed E-state index contributed by atoms with van der Waals surface area (Å²) in [7, 11) is 0. The van der Waals surface area contributed by atoms with Gasteiger partial charge >= 0.3 is 0 Å². The van der Waals surface area contributed by atoms with E-state index in [0.717, 1.165) is 11.1 Å². The molecule has 0 fully saturated rings. The number of benzene rings is 2. The number of anilines is 1. The van der Waals surface area contributed by atoms with Crippen molar-refractivity contribution in [2.45, 2.75) is 0 Å². The molecule has 76 valence electrons. The Morgan fingerprint density at radius 3 is 2.13 bits per heavy atom. The van der Waals surface area contributed by atoms with E-state index in [4.69, 9.17) is 17.3 Å². The Hall–Kier alpha value is -1.54. The molecule has 0 amide bonds. The van der Waals surface area contributed by atoms with Gasteiger partial charge in [0.05, 0.1) is 10.7 Å². The van der Waals surface area contributed by atoms with Crippen molar-refractivity contribution in [1.82, 2.24) is 0 Å². The minimum atomic E-state index is -0.250. The highest BCUT2D eigenvalue weighted by Crippen LogP contribution is 2.26. The van der Waals surface area contributed by atoms with Crippen LogP contribution in [0.15, 0.2) is 42.5 Å². The smallest absolute Gasteiger partial charge is 0.123 e. The van der Waals surface area contributed by atoms with E-state index in [1.165, 1.54) is 12.1 Å². The van der Waals surface area contributed by atoms with Crippen molar-refractivity contribution in [3.05, 3.63) is 53.3 Å². The minimum absolute atomic E-state index is 0.250. The lowest BCUT2D eigenvalue weighted by atomic mass is 10.1. The molecule has 0 saturated heterocycles. The average molecular weight is 222 g/mol. The molecular formula is C12H9ClFN. The minimum Gasteiger partial charge on any atom is -0.398 e. The number of hydrogen-bond donors (Lipinski definition) is 1. The summed E-state index contributed by atoms with van der Waals surface area (Å²) in [5, 5.41) is 0.511. The van der Waals surface area contributed by atoms with Crippen LogP contribution in [-0.4, -0.2) is 0 Å². The highest BCUT2D eigenvalue weighted by Gasteiger charge is 2.01. The second-order valence-electron chi connectivity index (χ2n) is 3.24. The second-order valence-corrected chi connectivity index (χ2v) is 3.65. The number of halogens is 2. The molecule has 0 unspecified atom stereocenters. The third kappa shape index (κ3) is 2.10. The van der Waals surface area contributed by atoms with Gasteiger partial charge in [0.1, 0.15) is 5.82 Å². The molecule has 2 rings (SSSR count). The first-order valence-corrected chi connectivity index (χ1v) is 4.85. The van der Waals surface area contributed by atoms with Crippen LogP contribution in [0.25, 0.3) is 11.1 Å². The molecule has 0 aliphatic carbocycles. The Morgan fingerprint density at radius 2 is 1.53 bits per heavy atom. The quantitative estimate of drug-likeness (QED) is 0.730. The van der Waals surface area contributed by atoms with Gasteiger partial charge in [0, 0.05) is 0 Å². The molecule has 0 saturated carbocycles. The summed E-state index contributed by atoms with van der Waals surface area (Å²) in [4.78, 5) is 0. The van der Waals surface area contributed by atoms with Gasteiger partial charge in [-0.1, -0.05) is 29.8 Å². The van der Waals surface area contributed by atoms with Gasteiger partial charge in [0.15, 0.2) is 0 Å². The molecular weight excluding hydrogens is 213 g/mol. The fraction of sp³-hybridized carbons (Fsp3) is 0. The van der Waals surface area contributed by atoms with Gasteiger partial charge in [0.2, 0.25) is 0 Å². The van der Waals surface area contributed by atoms with Crippen molar-refractivity contribution in [2.24, 2.45) is 0 Å². The maximum Gasteiger partial charge on any atom is 0.123 e. The normalized spacial score (nSPS) is 10.3. The summed E-state index contributed by atoms with van der Waals surface area (Å²) in [6, 6.07) is 11.6. The van der Waals surface area contributed by atoms with Crippen LogP contribution in [0.2, 0.25) is 5.02 Å².